The molecule has 1 aromatic carbocycles. The van der Waals surface area contributed by atoms with Crippen molar-refractivity contribution in [1.29, 1.82) is 5.41 Å². The van der Waals surface area contributed by atoms with Crippen molar-refractivity contribution in [3.8, 4) is 11.6 Å². The molecule has 5 heteroatoms. The number of pyridine rings is 1. The lowest BCUT2D eigenvalue weighted by Crippen LogP contribution is -2.12. The summed E-state index contributed by atoms with van der Waals surface area (Å²) in [4.78, 5) is 4.09. The Hall–Kier alpha value is -1.88. The SMILES string of the molecule is Cc1ccc(Oc2ncccc2C(=N)N)c(Br)c1. The number of nitrogen functional groups attached to an aromatic ring is 1. The predicted molar refractivity (Wildman–Crippen MR) is 74.2 cm³/mol. The molecule has 0 unspecified atom stereocenters. The molecule has 0 aliphatic heterocycles. The summed E-state index contributed by atoms with van der Waals surface area (Å²) in [6, 6.07) is 9.15. The second-order valence-electron chi connectivity index (χ2n) is 3.81. The van der Waals surface area contributed by atoms with Crippen molar-refractivity contribution in [2.45, 2.75) is 6.92 Å². The maximum absolute atomic E-state index is 7.48. The number of ether oxygens (including phenoxy) is 1. The summed E-state index contributed by atoms with van der Waals surface area (Å²) in [5.74, 6) is 0.901. The summed E-state index contributed by atoms with van der Waals surface area (Å²) in [5.41, 5.74) is 7.09. The molecule has 0 bridgehead atoms. The van der Waals surface area contributed by atoms with Crippen molar-refractivity contribution >= 4 is 21.8 Å². The number of hydrogen-bond acceptors (Lipinski definition) is 3. The van der Waals surface area contributed by atoms with E-state index in [1.165, 1.54) is 0 Å². The van der Waals surface area contributed by atoms with E-state index in [2.05, 4.69) is 20.9 Å². The molecule has 2 rings (SSSR count). The van der Waals surface area contributed by atoms with Crippen LogP contribution in [-0.4, -0.2) is 10.8 Å². The minimum absolute atomic E-state index is 0.0682. The summed E-state index contributed by atoms with van der Waals surface area (Å²) < 4.78 is 6.51. The smallest absolute Gasteiger partial charge is 0.230 e. The molecule has 92 valence electrons. The zero-order chi connectivity index (χ0) is 13.1. The van der Waals surface area contributed by atoms with Gasteiger partial charge in [-0.3, -0.25) is 5.41 Å². The number of rotatable bonds is 3. The van der Waals surface area contributed by atoms with E-state index in [1.54, 1.807) is 18.3 Å². The van der Waals surface area contributed by atoms with Crippen molar-refractivity contribution in [3.05, 3.63) is 52.1 Å². The Kier molecular flexibility index (Phi) is 3.62. The van der Waals surface area contributed by atoms with Crippen molar-refractivity contribution in [2.24, 2.45) is 5.73 Å². The maximum atomic E-state index is 7.48. The summed E-state index contributed by atoms with van der Waals surface area (Å²) in [6.07, 6.45) is 1.60. The topological polar surface area (TPSA) is 72.0 Å². The highest BCUT2D eigenvalue weighted by molar-refractivity contribution is 9.10. The molecule has 0 atom stereocenters. The number of nitrogens with two attached hydrogens (primary N) is 1. The van der Waals surface area contributed by atoms with Crippen LogP contribution in [0.15, 0.2) is 41.0 Å². The summed E-state index contributed by atoms with van der Waals surface area (Å²) in [7, 11) is 0. The van der Waals surface area contributed by atoms with Crippen LogP contribution in [0.3, 0.4) is 0 Å². The van der Waals surface area contributed by atoms with Gasteiger partial charge in [0.1, 0.15) is 11.6 Å². The van der Waals surface area contributed by atoms with E-state index in [1.807, 2.05) is 25.1 Å². The highest BCUT2D eigenvalue weighted by Crippen LogP contribution is 2.30. The molecule has 18 heavy (non-hydrogen) atoms. The third kappa shape index (κ3) is 2.68. The predicted octanol–water partition coefficient (Wildman–Crippen LogP) is 3.23. The van der Waals surface area contributed by atoms with Gasteiger partial charge in [0.2, 0.25) is 5.88 Å². The third-order valence-electron chi connectivity index (χ3n) is 2.36. The first-order valence-electron chi connectivity index (χ1n) is 5.31. The fraction of sp³-hybridized carbons (Fsp3) is 0.0769. The van der Waals surface area contributed by atoms with Gasteiger partial charge in [0, 0.05) is 6.20 Å². The van der Waals surface area contributed by atoms with Crippen LogP contribution < -0.4 is 10.5 Å². The molecule has 0 fully saturated rings. The normalized spacial score (nSPS) is 10.1. The molecule has 0 aliphatic carbocycles. The monoisotopic (exact) mass is 305 g/mol. The molecule has 3 N–H and O–H groups in total. The molecule has 2 aromatic rings. The molecule has 0 amide bonds. The molecule has 0 saturated heterocycles. The van der Waals surface area contributed by atoms with Gasteiger partial charge in [0.15, 0.2) is 0 Å². The maximum Gasteiger partial charge on any atom is 0.230 e. The van der Waals surface area contributed by atoms with Crippen LogP contribution in [0.2, 0.25) is 0 Å². The van der Waals surface area contributed by atoms with Crippen molar-refractivity contribution in [3.63, 3.8) is 0 Å². The van der Waals surface area contributed by atoms with Crippen LogP contribution in [0.5, 0.6) is 11.6 Å². The second-order valence-corrected chi connectivity index (χ2v) is 4.66. The van der Waals surface area contributed by atoms with Crippen LogP contribution in [0, 0.1) is 12.3 Å². The molecule has 4 nitrogen and oxygen atoms in total. The Morgan fingerprint density at radius 1 is 1.39 bits per heavy atom. The van der Waals surface area contributed by atoms with Gasteiger partial charge < -0.3 is 10.5 Å². The average Bonchev–Trinajstić information content (AvgIpc) is 2.33. The van der Waals surface area contributed by atoms with Crippen molar-refractivity contribution in [2.75, 3.05) is 0 Å². The van der Waals surface area contributed by atoms with Crippen LogP contribution >= 0.6 is 15.9 Å². The molecule has 0 saturated carbocycles. The second kappa shape index (κ2) is 5.18. The first kappa shape index (κ1) is 12.6. The van der Waals surface area contributed by atoms with E-state index in [0.717, 1.165) is 10.0 Å². The van der Waals surface area contributed by atoms with Crippen LogP contribution in [0.1, 0.15) is 11.1 Å². The van der Waals surface area contributed by atoms with E-state index >= 15 is 0 Å². The van der Waals surface area contributed by atoms with Gasteiger partial charge in [-0.15, -0.1) is 0 Å². The zero-order valence-corrected chi connectivity index (χ0v) is 11.4. The van der Waals surface area contributed by atoms with E-state index in [9.17, 15) is 0 Å². The Balaban J connectivity index is 2.37. The van der Waals surface area contributed by atoms with Gasteiger partial charge in [0.05, 0.1) is 10.0 Å². The third-order valence-corrected chi connectivity index (χ3v) is 2.98. The standard InChI is InChI=1S/C13H12BrN3O/c1-8-4-5-11(10(14)7-8)18-13-9(12(15)16)3-2-6-17-13/h2-7H,1H3,(H3,15,16). The lowest BCUT2D eigenvalue weighted by atomic mass is 10.2. The number of nitrogens with zero attached hydrogens (tertiary/aromatic N) is 1. The summed E-state index contributed by atoms with van der Waals surface area (Å²) in [5, 5.41) is 7.48. The Bertz CT molecular complexity index is 599. The largest absolute Gasteiger partial charge is 0.437 e. The number of benzene rings is 1. The molecule has 1 aromatic heterocycles. The first-order chi connectivity index (χ1) is 8.58. The summed E-state index contributed by atoms with van der Waals surface area (Å²) >= 11 is 3.43. The Morgan fingerprint density at radius 2 is 2.17 bits per heavy atom. The Labute approximate surface area is 113 Å². The fourth-order valence-electron chi connectivity index (χ4n) is 1.47. The molecule has 0 aliphatic rings. The highest BCUT2D eigenvalue weighted by Gasteiger charge is 2.10. The molecule has 0 spiro atoms. The highest BCUT2D eigenvalue weighted by atomic mass is 79.9. The van der Waals surface area contributed by atoms with E-state index in [-0.39, 0.29) is 5.84 Å². The van der Waals surface area contributed by atoms with Gasteiger partial charge >= 0.3 is 0 Å². The van der Waals surface area contributed by atoms with Gasteiger partial charge in [-0.2, -0.15) is 0 Å². The van der Waals surface area contributed by atoms with Crippen molar-refractivity contribution < 1.29 is 4.74 Å². The molecular weight excluding hydrogens is 294 g/mol. The lowest BCUT2D eigenvalue weighted by Gasteiger charge is -2.10. The first-order valence-corrected chi connectivity index (χ1v) is 6.10. The fourth-order valence-corrected chi connectivity index (χ4v) is 2.04. The Morgan fingerprint density at radius 3 is 2.83 bits per heavy atom. The molecule has 0 radical (unpaired) electrons. The molecule has 1 heterocycles. The minimum Gasteiger partial charge on any atom is -0.437 e. The van der Waals surface area contributed by atoms with Gasteiger partial charge in [0.25, 0.3) is 0 Å². The van der Waals surface area contributed by atoms with Gasteiger partial charge in [-0.05, 0) is 52.7 Å². The zero-order valence-electron chi connectivity index (χ0n) is 9.77. The van der Waals surface area contributed by atoms with E-state index in [4.69, 9.17) is 15.9 Å². The molecular formula is C13H12BrN3O. The number of hydrogen-bond donors (Lipinski definition) is 2. The number of aryl methyl sites for hydroxylation is 1. The number of aromatic nitrogens is 1. The van der Waals surface area contributed by atoms with E-state index in [0.29, 0.717) is 17.2 Å². The van der Waals surface area contributed by atoms with E-state index < -0.39 is 0 Å². The van der Waals surface area contributed by atoms with Gasteiger partial charge in [-0.1, -0.05) is 6.07 Å². The minimum atomic E-state index is -0.0682. The van der Waals surface area contributed by atoms with Crippen molar-refractivity contribution in [1.82, 2.24) is 4.98 Å². The average molecular weight is 306 g/mol. The number of nitrogens with one attached hydrogen (secondary N) is 1. The quantitative estimate of drug-likeness (QED) is 0.675. The van der Waals surface area contributed by atoms with Crippen LogP contribution in [0.25, 0.3) is 0 Å². The van der Waals surface area contributed by atoms with Crippen LogP contribution in [0.4, 0.5) is 0 Å². The summed E-state index contributed by atoms with van der Waals surface area (Å²) in [6.45, 7) is 2.00. The van der Waals surface area contributed by atoms with Crippen LogP contribution in [-0.2, 0) is 0 Å². The lowest BCUT2D eigenvalue weighted by molar-refractivity contribution is 0.459. The number of amidine groups is 1. The van der Waals surface area contributed by atoms with Gasteiger partial charge in [-0.25, -0.2) is 4.98 Å². The number of halogens is 1.